The lowest BCUT2D eigenvalue weighted by Crippen LogP contribution is -2.29. The summed E-state index contributed by atoms with van der Waals surface area (Å²) < 4.78 is 5.56. The van der Waals surface area contributed by atoms with Gasteiger partial charge in [-0.3, -0.25) is 0 Å². The average Bonchev–Trinajstić information content (AvgIpc) is 1.99. The molecule has 0 bridgehead atoms. The van der Waals surface area contributed by atoms with Gasteiger partial charge in [-0.1, -0.05) is 0 Å². The van der Waals surface area contributed by atoms with Crippen molar-refractivity contribution >= 4 is 43.2 Å². The molecule has 0 aromatic rings. The van der Waals surface area contributed by atoms with Crippen LogP contribution >= 0.6 is 24.4 Å². The van der Waals surface area contributed by atoms with Crippen molar-refractivity contribution in [2.24, 2.45) is 0 Å². The zero-order valence-corrected chi connectivity index (χ0v) is 12.3. The van der Waals surface area contributed by atoms with Gasteiger partial charge in [-0.2, -0.15) is 24.4 Å². The number of thiol groups is 1. The molecule has 0 amide bonds. The number of hydrogen-bond donors (Lipinski definition) is 1. The average molecular weight is 227 g/mol. The fourth-order valence-corrected chi connectivity index (χ4v) is 4.67. The second-order valence-corrected chi connectivity index (χ2v) is 10.4. The van der Waals surface area contributed by atoms with E-state index in [2.05, 4.69) is 25.7 Å². The van der Waals surface area contributed by atoms with E-state index >= 15 is 0 Å². The van der Waals surface area contributed by atoms with Crippen LogP contribution in [0.3, 0.4) is 0 Å². The van der Waals surface area contributed by atoms with Gasteiger partial charge in [0.15, 0.2) is 8.32 Å². The highest BCUT2D eigenvalue weighted by atomic mass is 32.2. The van der Waals surface area contributed by atoms with Gasteiger partial charge in [-0.15, -0.1) is 0 Å². The van der Waals surface area contributed by atoms with E-state index in [1.807, 2.05) is 11.8 Å². The van der Waals surface area contributed by atoms with E-state index in [-0.39, 0.29) is 0 Å². The Bertz CT molecular complexity index is 101. The summed E-state index contributed by atoms with van der Waals surface area (Å²) in [5, 5.41) is 0. The molecule has 68 valence electrons. The third-order valence-corrected chi connectivity index (χ3v) is 9.39. The Labute approximate surface area is 83.8 Å². The van der Waals surface area contributed by atoms with Crippen LogP contribution in [-0.4, -0.2) is 36.1 Å². The topological polar surface area (TPSA) is 9.23 Å². The van der Waals surface area contributed by atoms with Gasteiger partial charge in [0, 0.05) is 5.75 Å². The zero-order valence-electron chi connectivity index (χ0n) is 7.59. The molecular formula is C6H18OS2Si2. The smallest absolute Gasteiger partial charge is 0.173 e. The van der Waals surface area contributed by atoms with E-state index in [4.69, 9.17) is 4.12 Å². The predicted molar refractivity (Wildman–Crippen MR) is 64.5 cm³/mol. The molecule has 0 radical (unpaired) electrons. The molecule has 0 aromatic carbocycles. The molecule has 0 aliphatic carbocycles. The van der Waals surface area contributed by atoms with E-state index in [9.17, 15) is 0 Å². The Morgan fingerprint density at radius 1 is 1.45 bits per heavy atom. The lowest BCUT2D eigenvalue weighted by Gasteiger charge is -2.19. The molecule has 0 atom stereocenters. The third kappa shape index (κ3) is 7.45. The van der Waals surface area contributed by atoms with Crippen molar-refractivity contribution in [3.05, 3.63) is 0 Å². The molecular weight excluding hydrogens is 208 g/mol. The summed E-state index contributed by atoms with van der Waals surface area (Å²) in [6.07, 6.45) is 0. The van der Waals surface area contributed by atoms with Crippen LogP contribution in [0, 0.1) is 0 Å². The summed E-state index contributed by atoms with van der Waals surface area (Å²) in [7, 11) is -0.307. The highest BCUT2D eigenvalue weighted by molar-refractivity contribution is 8.00. The molecule has 11 heavy (non-hydrogen) atoms. The Kier molecular flexibility index (Phi) is 7.25. The minimum Gasteiger partial charge on any atom is -0.463 e. The van der Waals surface area contributed by atoms with Crippen molar-refractivity contribution in [2.75, 3.05) is 17.3 Å². The maximum absolute atomic E-state index is 5.56. The lowest BCUT2D eigenvalue weighted by molar-refractivity contribution is 0.610. The fourth-order valence-electron chi connectivity index (χ4n) is 0.587. The van der Waals surface area contributed by atoms with Crippen LogP contribution in [0.15, 0.2) is 0 Å². The van der Waals surface area contributed by atoms with Gasteiger partial charge in [0.05, 0.1) is 0 Å². The maximum Gasteiger partial charge on any atom is 0.173 e. The molecule has 0 fully saturated rings. The van der Waals surface area contributed by atoms with E-state index in [0.29, 0.717) is 0 Å². The van der Waals surface area contributed by atoms with Crippen molar-refractivity contribution in [3.63, 3.8) is 0 Å². The Hall–Kier alpha value is 1.09. The number of hydrogen-bond acceptors (Lipinski definition) is 3. The van der Waals surface area contributed by atoms with Gasteiger partial charge in [-0.25, -0.2) is 0 Å². The van der Waals surface area contributed by atoms with Crippen LogP contribution in [0.5, 0.6) is 0 Å². The minimum absolute atomic E-state index is 0.904. The summed E-state index contributed by atoms with van der Waals surface area (Å²) >= 11 is 6.14. The molecule has 0 aromatic heterocycles. The van der Waals surface area contributed by atoms with Gasteiger partial charge in [0.1, 0.15) is 10.5 Å². The first-order valence-corrected chi connectivity index (χ1v) is 9.58. The molecule has 0 aliphatic rings. The van der Waals surface area contributed by atoms with Crippen molar-refractivity contribution < 1.29 is 4.12 Å². The van der Waals surface area contributed by atoms with Crippen molar-refractivity contribution in [1.29, 1.82) is 0 Å². The lowest BCUT2D eigenvalue weighted by atomic mass is 10.9. The molecule has 0 saturated carbocycles. The molecule has 5 heteroatoms. The molecule has 1 nitrogen and oxygen atoms in total. The predicted octanol–water partition coefficient (Wildman–Crippen LogP) is 1.15. The first kappa shape index (κ1) is 12.1. The second kappa shape index (κ2) is 6.59. The zero-order chi connectivity index (χ0) is 8.74. The number of thioether (sulfide) groups is 1. The fraction of sp³-hybridized carbons (Fsp3) is 1.00. The Morgan fingerprint density at radius 2 is 2.09 bits per heavy atom. The standard InChI is InChI=1S/C6H18OS2Si2/c1-11(2,7-10)6-5-9-4-3-8/h8H,3-6H2,1-2,10H3. The van der Waals surface area contributed by atoms with Gasteiger partial charge >= 0.3 is 0 Å². The van der Waals surface area contributed by atoms with Crippen LogP contribution < -0.4 is 0 Å². The van der Waals surface area contributed by atoms with Crippen LogP contribution in [0.1, 0.15) is 0 Å². The minimum atomic E-state index is -1.21. The highest BCUT2D eigenvalue weighted by Crippen LogP contribution is 2.14. The Balaban J connectivity index is 3.23. The molecule has 0 N–H and O–H groups in total. The van der Waals surface area contributed by atoms with Crippen LogP contribution in [0.25, 0.3) is 0 Å². The van der Waals surface area contributed by atoms with Crippen molar-refractivity contribution in [1.82, 2.24) is 0 Å². The molecule has 0 unspecified atom stereocenters. The van der Waals surface area contributed by atoms with Crippen LogP contribution in [0.4, 0.5) is 0 Å². The third-order valence-electron chi connectivity index (χ3n) is 1.64. The van der Waals surface area contributed by atoms with E-state index in [1.165, 1.54) is 17.5 Å². The normalized spacial score (nSPS) is 12.3. The van der Waals surface area contributed by atoms with Gasteiger partial charge in [0.25, 0.3) is 0 Å². The van der Waals surface area contributed by atoms with Gasteiger partial charge in [0.2, 0.25) is 0 Å². The molecule has 0 rings (SSSR count). The summed E-state index contributed by atoms with van der Waals surface area (Å²) in [6, 6.07) is 1.29. The summed E-state index contributed by atoms with van der Waals surface area (Å²) in [4.78, 5) is 0. The summed E-state index contributed by atoms with van der Waals surface area (Å²) in [5.74, 6) is 3.42. The molecule has 0 spiro atoms. The molecule has 0 heterocycles. The van der Waals surface area contributed by atoms with Crippen molar-refractivity contribution in [3.8, 4) is 0 Å². The molecule has 0 saturated heterocycles. The van der Waals surface area contributed by atoms with Gasteiger partial charge in [-0.05, 0) is 30.6 Å². The van der Waals surface area contributed by atoms with Crippen LogP contribution in [0.2, 0.25) is 19.1 Å². The summed E-state index contributed by atoms with van der Waals surface area (Å²) in [5.41, 5.74) is 0. The first-order valence-electron chi connectivity index (χ1n) is 3.86. The first-order chi connectivity index (χ1) is 5.12. The monoisotopic (exact) mass is 226 g/mol. The summed E-state index contributed by atoms with van der Waals surface area (Å²) in [6.45, 7) is 4.59. The van der Waals surface area contributed by atoms with Crippen molar-refractivity contribution in [2.45, 2.75) is 19.1 Å². The van der Waals surface area contributed by atoms with E-state index < -0.39 is 8.32 Å². The Morgan fingerprint density at radius 3 is 2.55 bits per heavy atom. The van der Waals surface area contributed by atoms with Crippen LogP contribution in [-0.2, 0) is 4.12 Å². The van der Waals surface area contributed by atoms with E-state index in [1.54, 1.807) is 0 Å². The number of rotatable bonds is 6. The molecule has 0 aliphatic heterocycles. The maximum atomic E-state index is 5.56. The van der Waals surface area contributed by atoms with E-state index in [0.717, 1.165) is 16.2 Å². The second-order valence-electron chi connectivity index (χ2n) is 3.05. The largest absolute Gasteiger partial charge is 0.463 e. The van der Waals surface area contributed by atoms with Gasteiger partial charge < -0.3 is 4.12 Å². The SMILES string of the molecule is C[Si](C)(CCSCCS)O[SiH3]. The highest BCUT2D eigenvalue weighted by Gasteiger charge is 2.18. The quantitative estimate of drug-likeness (QED) is 0.413.